The standard InChI is InChI=1S/C13H28N2/c1-12(2,11-14)8-10-15-9-6-5-7-13(15,3)4/h5-11,14H2,1-4H3. The van der Waals surface area contributed by atoms with Crippen LogP contribution in [0.5, 0.6) is 0 Å². The van der Waals surface area contributed by atoms with Crippen molar-refractivity contribution in [1.29, 1.82) is 0 Å². The first-order chi connectivity index (χ1) is 6.87. The summed E-state index contributed by atoms with van der Waals surface area (Å²) in [5, 5.41) is 0. The number of rotatable bonds is 4. The second-order valence-electron chi connectivity index (χ2n) is 6.37. The van der Waals surface area contributed by atoms with Gasteiger partial charge in [-0.3, -0.25) is 4.90 Å². The van der Waals surface area contributed by atoms with E-state index in [9.17, 15) is 0 Å². The van der Waals surface area contributed by atoms with Crippen LogP contribution in [0.3, 0.4) is 0 Å². The summed E-state index contributed by atoms with van der Waals surface area (Å²) in [6, 6.07) is 0. The van der Waals surface area contributed by atoms with Gasteiger partial charge >= 0.3 is 0 Å². The molecule has 2 N–H and O–H groups in total. The summed E-state index contributed by atoms with van der Waals surface area (Å²) in [5.74, 6) is 0. The predicted molar refractivity (Wildman–Crippen MR) is 67.0 cm³/mol. The molecule has 0 aromatic heterocycles. The second-order valence-corrected chi connectivity index (χ2v) is 6.37. The Morgan fingerprint density at radius 1 is 1.27 bits per heavy atom. The molecule has 1 aliphatic rings. The van der Waals surface area contributed by atoms with Crippen LogP contribution in [-0.4, -0.2) is 30.1 Å². The first-order valence-corrected chi connectivity index (χ1v) is 6.32. The Labute approximate surface area is 95.2 Å². The molecule has 0 amide bonds. The van der Waals surface area contributed by atoms with Crippen LogP contribution < -0.4 is 5.73 Å². The Kier molecular flexibility index (Phi) is 4.19. The molecule has 0 radical (unpaired) electrons. The highest BCUT2D eigenvalue weighted by atomic mass is 15.2. The van der Waals surface area contributed by atoms with E-state index < -0.39 is 0 Å². The fourth-order valence-electron chi connectivity index (χ4n) is 2.28. The minimum atomic E-state index is 0.299. The molecule has 1 saturated heterocycles. The fourth-order valence-corrected chi connectivity index (χ4v) is 2.28. The summed E-state index contributed by atoms with van der Waals surface area (Å²) in [6.45, 7) is 12.6. The van der Waals surface area contributed by atoms with Crippen molar-refractivity contribution in [3.8, 4) is 0 Å². The topological polar surface area (TPSA) is 29.3 Å². The summed E-state index contributed by atoms with van der Waals surface area (Å²) < 4.78 is 0. The third-order valence-corrected chi connectivity index (χ3v) is 3.93. The van der Waals surface area contributed by atoms with Crippen molar-refractivity contribution in [2.75, 3.05) is 19.6 Å². The third kappa shape index (κ3) is 3.76. The summed E-state index contributed by atoms with van der Waals surface area (Å²) in [7, 11) is 0. The molecule has 0 spiro atoms. The summed E-state index contributed by atoms with van der Waals surface area (Å²) in [5.41, 5.74) is 6.48. The molecule has 0 bridgehead atoms. The molecule has 90 valence electrons. The SMILES string of the molecule is CC(C)(CN)CCN1CCCCC1(C)C. The van der Waals surface area contributed by atoms with Gasteiger partial charge in [-0.2, -0.15) is 0 Å². The van der Waals surface area contributed by atoms with E-state index in [1.807, 2.05) is 0 Å². The van der Waals surface area contributed by atoms with Crippen LogP contribution in [0, 0.1) is 5.41 Å². The number of piperidine rings is 1. The van der Waals surface area contributed by atoms with Crippen LogP contribution in [-0.2, 0) is 0 Å². The second kappa shape index (κ2) is 4.84. The van der Waals surface area contributed by atoms with E-state index in [-0.39, 0.29) is 0 Å². The Hall–Kier alpha value is -0.0800. The van der Waals surface area contributed by atoms with Gasteiger partial charge in [-0.15, -0.1) is 0 Å². The molecule has 1 rings (SSSR count). The van der Waals surface area contributed by atoms with Crippen LogP contribution >= 0.6 is 0 Å². The van der Waals surface area contributed by atoms with Crippen molar-refractivity contribution in [2.45, 2.75) is 58.9 Å². The maximum atomic E-state index is 5.77. The third-order valence-electron chi connectivity index (χ3n) is 3.93. The molecule has 1 fully saturated rings. The lowest BCUT2D eigenvalue weighted by Gasteiger charge is -2.43. The molecule has 0 aliphatic carbocycles. The number of nitrogens with zero attached hydrogens (tertiary/aromatic N) is 1. The van der Waals surface area contributed by atoms with Crippen LogP contribution in [0.4, 0.5) is 0 Å². The van der Waals surface area contributed by atoms with Crippen LogP contribution in [0.1, 0.15) is 53.4 Å². The van der Waals surface area contributed by atoms with Crippen molar-refractivity contribution in [3.63, 3.8) is 0 Å². The number of likely N-dealkylation sites (tertiary alicyclic amines) is 1. The van der Waals surface area contributed by atoms with Gasteiger partial charge in [0.1, 0.15) is 0 Å². The van der Waals surface area contributed by atoms with Gasteiger partial charge in [0, 0.05) is 5.54 Å². The van der Waals surface area contributed by atoms with Gasteiger partial charge in [0.15, 0.2) is 0 Å². The quantitative estimate of drug-likeness (QED) is 0.776. The Morgan fingerprint density at radius 2 is 1.93 bits per heavy atom. The molecule has 0 saturated carbocycles. The summed E-state index contributed by atoms with van der Waals surface area (Å²) in [6.07, 6.45) is 5.32. The summed E-state index contributed by atoms with van der Waals surface area (Å²) in [4.78, 5) is 2.65. The zero-order valence-corrected chi connectivity index (χ0v) is 11.0. The van der Waals surface area contributed by atoms with Crippen molar-refractivity contribution in [1.82, 2.24) is 4.90 Å². The average molecular weight is 212 g/mol. The molecule has 2 nitrogen and oxygen atoms in total. The highest BCUT2D eigenvalue weighted by Gasteiger charge is 2.30. The molecular formula is C13H28N2. The van der Waals surface area contributed by atoms with Gasteiger partial charge < -0.3 is 5.73 Å². The lowest BCUT2D eigenvalue weighted by Crippen LogP contribution is -2.48. The van der Waals surface area contributed by atoms with Gasteiger partial charge in [0.2, 0.25) is 0 Å². The monoisotopic (exact) mass is 212 g/mol. The minimum Gasteiger partial charge on any atom is -0.330 e. The maximum absolute atomic E-state index is 5.77. The number of hydrogen-bond acceptors (Lipinski definition) is 2. The first kappa shape index (κ1) is 13.0. The molecule has 0 aromatic carbocycles. The Morgan fingerprint density at radius 3 is 2.47 bits per heavy atom. The van der Waals surface area contributed by atoms with Gasteiger partial charge in [0.25, 0.3) is 0 Å². The van der Waals surface area contributed by atoms with Gasteiger partial charge in [-0.25, -0.2) is 0 Å². The lowest BCUT2D eigenvalue weighted by atomic mass is 9.86. The van der Waals surface area contributed by atoms with E-state index in [0.29, 0.717) is 11.0 Å². The fraction of sp³-hybridized carbons (Fsp3) is 1.00. The Balaban J connectivity index is 2.43. The molecular weight excluding hydrogens is 184 g/mol. The zero-order valence-electron chi connectivity index (χ0n) is 11.0. The summed E-state index contributed by atoms with van der Waals surface area (Å²) >= 11 is 0. The van der Waals surface area contributed by atoms with Crippen LogP contribution in [0.2, 0.25) is 0 Å². The largest absolute Gasteiger partial charge is 0.330 e. The molecule has 0 atom stereocenters. The Bertz CT molecular complexity index is 197. The minimum absolute atomic E-state index is 0.299. The lowest BCUT2D eigenvalue weighted by molar-refractivity contribution is 0.0646. The molecule has 0 aromatic rings. The zero-order chi connectivity index (χ0) is 11.5. The molecule has 2 heteroatoms. The van der Waals surface area contributed by atoms with E-state index >= 15 is 0 Å². The van der Waals surface area contributed by atoms with Gasteiger partial charge in [-0.05, 0) is 58.2 Å². The van der Waals surface area contributed by atoms with E-state index in [1.165, 1.54) is 38.8 Å². The molecule has 15 heavy (non-hydrogen) atoms. The highest BCUT2D eigenvalue weighted by Crippen LogP contribution is 2.29. The van der Waals surface area contributed by atoms with Crippen molar-refractivity contribution < 1.29 is 0 Å². The van der Waals surface area contributed by atoms with E-state index in [2.05, 4.69) is 32.6 Å². The smallest absolute Gasteiger partial charge is 0.0153 e. The van der Waals surface area contributed by atoms with Crippen LogP contribution in [0.25, 0.3) is 0 Å². The van der Waals surface area contributed by atoms with E-state index in [1.54, 1.807) is 0 Å². The molecule has 1 heterocycles. The molecule has 1 aliphatic heterocycles. The van der Waals surface area contributed by atoms with Crippen molar-refractivity contribution >= 4 is 0 Å². The van der Waals surface area contributed by atoms with E-state index in [4.69, 9.17) is 5.73 Å². The van der Waals surface area contributed by atoms with Crippen LogP contribution in [0.15, 0.2) is 0 Å². The first-order valence-electron chi connectivity index (χ1n) is 6.32. The number of nitrogens with two attached hydrogens (primary N) is 1. The predicted octanol–water partition coefficient (Wildman–Crippen LogP) is 2.63. The van der Waals surface area contributed by atoms with Gasteiger partial charge in [0.05, 0.1) is 0 Å². The average Bonchev–Trinajstić information content (AvgIpc) is 2.16. The molecule has 0 unspecified atom stereocenters. The number of hydrogen-bond donors (Lipinski definition) is 1. The van der Waals surface area contributed by atoms with E-state index in [0.717, 1.165) is 6.54 Å². The normalized spacial score (nSPS) is 23.0. The maximum Gasteiger partial charge on any atom is 0.0153 e. The van der Waals surface area contributed by atoms with Crippen molar-refractivity contribution in [3.05, 3.63) is 0 Å². The highest BCUT2D eigenvalue weighted by molar-refractivity contribution is 4.86. The van der Waals surface area contributed by atoms with Gasteiger partial charge in [-0.1, -0.05) is 20.3 Å². The van der Waals surface area contributed by atoms with Crippen molar-refractivity contribution in [2.24, 2.45) is 11.1 Å².